The maximum Gasteiger partial charge on any atom is 0.341 e. The van der Waals surface area contributed by atoms with Gasteiger partial charge < -0.3 is 14.3 Å². The lowest BCUT2D eigenvalue weighted by Gasteiger charge is -2.17. The Balaban J connectivity index is 1.52. The van der Waals surface area contributed by atoms with Crippen LogP contribution in [-0.2, 0) is 4.74 Å². The zero-order chi connectivity index (χ0) is 23.7. The number of aromatic amines is 1. The number of fused-ring (bicyclic) bond motifs is 1. The molecule has 0 aliphatic heterocycles. The smallest absolute Gasteiger partial charge is 0.341 e. The van der Waals surface area contributed by atoms with Crippen molar-refractivity contribution in [1.29, 1.82) is 0 Å². The molecule has 0 spiro atoms. The van der Waals surface area contributed by atoms with E-state index in [0.717, 1.165) is 28.0 Å². The van der Waals surface area contributed by atoms with Crippen molar-refractivity contribution in [2.24, 2.45) is 0 Å². The lowest BCUT2D eigenvalue weighted by molar-refractivity contribution is 0.0280. The van der Waals surface area contributed by atoms with Gasteiger partial charge in [0.05, 0.1) is 5.56 Å². The van der Waals surface area contributed by atoms with Crippen molar-refractivity contribution < 1.29 is 14.3 Å². The molecular formula is C29H24N2O3. The minimum absolute atomic E-state index is 0.270. The van der Waals surface area contributed by atoms with Crippen LogP contribution in [-0.4, -0.2) is 21.3 Å². The molecule has 1 unspecified atom stereocenters. The van der Waals surface area contributed by atoms with Gasteiger partial charge >= 0.3 is 5.97 Å². The molecule has 2 aromatic heterocycles. The molecule has 5 heteroatoms. The molecule has 0 saturated carbocycles. The highest BCUT2D eigenvalue weighted by Crippen LogP contribution is 2.29. The largest absolute Gasteiger partial charge is 0.445 e. The standard InChI is InChI=1S/C29H24N2O3/c1-19-17-24(20(2)31(19)22-13-7-4-8-14-22)29(33)34-28(21-11-5-3-6-12-21)27(32)25-18-30-26-16-10-9-15-23(25)26/h3-18,28,30H,1-2H3. The van der Waals surface area contributed by atoms with Crippen LogP contribution in [0.15, 0.2) is 97.2 Å². The van der Waals surface area contributed by atoms with Crippen molar-refractivity contribution in [2.75, 3.05) is 0 Å². The Morgan fingerprint density at radius 1 is 0.824 bits per heavy atom. The number of esters is 1. The Bertz CT molecular complexity index is 1480. The third-order valence-electron chi connectivity index (χ3n) is 6.09. The zero-order valence-corrected chi connectivity index (χ0v) is 19.0. The minimum Gasteiger partial charge on any atom is -0.445 e. The molecule has 0 fully saturated rings. The molecule has 34 heavy (non-hydrogen) atoms. The number of carbonyl (C=O) groups is 2. The van der Waals surface area contributed by atoms with E-state index in [1.165, 1.54) is 0 Å². The van der Waals surface area contributed by atoms with Gasteiger partial charge in [0.25, 0.3) is 0 Å². The van der Waals surface area contributed by atoms with Crippen LogP contribution in [0.4, 0.5) is 0 Å². The van der Waals surface area contributed by atoms with E-state index < -0.39 is 12.1 Å². The first-order valence-electron chi connectivity index (χ1n) is 11.1. The Morgan fingerprint density at radius 3 is 2.21 bits per heavy atom. The number of hydrogen-bond donors (Lipinski definition) is 1. The molecule has 0 amide bonds. The summed E-state index contributed by atoms with van der Waals surface area (Å²) in [6.45, 7) is 3.83. The molecule has 0 aliphatic rings. The molecule has 2 heterocycles. The second-order valence-corrected chi connectivity index (χ2v) is 8.26. The Labute approximate surface area is 197 Å². The lowest BCUT2D eigenvalue weighted by atomic mass is 9.99. The second-order valence-electron chi connectivity index (χ2n) is 8.26. The summed E-state index contributed by atoms with van der Waals surface area (Å²) < 4.78 is 7.94. The van der Waals surface area contributed by atoms with Gasteiger partial charge in [-0.15, -0.1) is 0 Å². The average molecular weight is 449 g/mol. The maximum absolute atomic E-state index is 13.7. The van der Waals surface area contributed by atoms with Crippen LogP contribution in [0.1, 0.15) is 43.8 Å². The van der Waals surface area contributed by atoms with Gasteiger partial charge in [0.15, 0.2) is 6.10 Å². The number of hydrogen-bond acceptors (Lipinski definition) is 3. The first-order valence-corrected chi connectivity index (χ1v) is 11.1. The highest BCUT2D eigenvalue weighted by Gasteiger charge is 2.30. The predicted octanol–water partition coefficient (Wildman–Crippen LogP) is 6.36. The fourth-order valence-electron chi connectivity index (χ4n) is 4.43. The molecule has 0 aliphatic carbocycles. The molecule has 5 aromatic rings. The normalized spacial score (nSPS) is 11.9. The zero-order valence-electron chi connectivity index (χ0n) is 19.0. The van der Waals surface area contributed by atoms with Gasteiger partial charge in [0, 0.05) is 45.3 Å². The van der Waals surface area contributed by atoms with E-state index >= 15 is 0 Å². The number of nitrogens with one attached hydrogen (secondary N) is 1. The number of benzene rings is 3. The quantitative estimate of drug-likeness (QED) is 0.243. The van der Waals surface area contributed by atoms with Gasteiger partial charge in [-0.25, -0.2) is 4.79 Å². The summed E-state index contributed by atoms with van der Waals surface area (Å²) in [6.07, 6.45) is 0.616. The van der Waals surface area contributed by atoms with Crippen LogP contribution in [0.3, 0.4) is 0 Å². The highest BCUT2D eigenvalue weighted by atomic mass is 16.5. The van der Waals surface area contributed by atoms with Gasteiger partial charge in [-0.3, -0.25) is 4.79 Å². The fraction of sp³-hybridized carbons (Fsp3) is 0.103. The predicted molar refractivity (Wildman–Crippen MR) is 132 cm³/mol. The first-order chi connectivity index (χ1) is 16.5. The summed E-state index contributed by atoms with van der Waals surface area (Å²) in [5, 5.41) is 0.798. The number of carbonyl (C=O) groups excluding carboxylic acids is 2. The van der Waals surface area contributed by atoms with E-state index in [-0.39, 0.29) is 5.78 Å². The number of ketones is 1. The van der Waals surface area contributed by atoms with Gasteiger partial charge in [-0.2, -0.15) is 0 Å². The van der Waals surface area contributed by atoms with E-state index in [4.69, 9.17) is 4.74 Å². The fourth-order valence-corrected chi connectivity index (χ4v) is 4.43. The average Bonchev–Trinajstić information content (AvgIpc) is 3.43. The van der Waals surface area contributed by atoms with Crippen molar-refractivity contribution in [3.05, 3.63) is 125 Å². The monoisotopic (exact) mass is 448 g/mol. The Morgan fingerprint density at radius 2 is 1.47 bits per heavy atom. The van der Waals surface area contributed by atoms with Crippen LogP contribution < -0.4 is 0 Å². The molecular weight excluding hydrogens is 424 g/mol. The molecule has 168 valence electrons. The number of para-hydroxylation sites is 2. The molecule has 0 bridgehead atoms. The minimum atomic E-state index is -1.06. The van der Waals surface area contributed by atoms with Gasteiger partial charge in [-0.05, 0) is 38.1 Å². The third kappa shape index (κ3) is 3.82. The van der Waals surface area contributed by atoms with E-state index in [1.54, 1.807) is 18.3 Å². The second kappa shape index (κ2) is 8.87. The SMILES string of the molecule is Cc1cc(C(=O)OC(C(=O)c2c[nH]c3ccccc23)c2ccccc2)c(C)n1-c1ccccc1. The van der Waals surface area contributed by atoms with E-state index in [9.17, 15) is 9.59 Å². The topological polar surface area (TPSA) is 64.1 Å². The van der Waals surface area contributed by atoms with Gasteiger partial charge in [0.1, 0.15) is 0 Å². The van der Waals surface area contributed by atoms with Crippen molar-refractivity contribution in [1.82, 2.24) is 9.55 Å². The molecule has 5 nitrogen and oxygen atoms in total. The first kappa shape index (κ1) is 21.5. The maximum atomic E-state index is 13.7. The lowest BCUT2D eigenvalue weighted by Crippen LogP contribution is -2.20. The van der Waals surface area contributed by atoms with Gasteiger partial charge in [0.2, 0.25) is 5.78 Å². The molecule has 0 radical (unpaired) electrons. The Hall–Kier alpha value is -4.38. The van der Waals surface area contributed by atoms with Crippen LogP contribution in [0.25, 0.3) is 16.6 Å². The number of aromatic nitrogens is 2. The summed E-state index contributed by atoms with van der Waals surface area (Å²) in [5.41, 5.74) is 5.06. The summed E-state index contributed by atoms with van der Waals surface area (Å²) >= 11 is 0. The molecule has 3 aromatic carbocycles. The summed E-state index contributed by atoms with van der Waals surface area (Å²) in [5.74, 6) is -0.800. The summed E-state index contributed by atoms with van der Waals surface area (Å²) in [6, 6.07) is 28.4. The van der Waals surface area contributed by atoms with Crippen LogP contribution in [0.2, 0.25) is 0 Å². The van der Waals surface area contributed by atoms with Crippen LogP contribution in [0, 0.1) is 13.8 Å². The third-order valence-corrected chi connectivity index (χ3v) is 6.09. The number of ether oxygens (including phenoxy) is 1. The van der Waals surface area contributed by atoms with Crippen molar-refractivity contribution in [3.8, 4) is 5.69 Å². The highest BCUT2D eigenvalue weighted by molar-refractivity contribution is 6.11. The van der Waals surface area contributed by atoms with Crippen LogP contribution in [0.5, 0.6) is 0 Å². The van der Waals surface area contributed by atoms with Gasteiger partial charge in [-0.1, -0.05) is 66.7 Å². The van der Waals surface area contributed by atoms with Crippen molar-refractivity contribution in [2.45, 2.75) is 20.0 Å². The number of Topliss-reactive ketones (excluding diaryl/α,β-unsaturated/α-hetero) is 1. The number of H-pyrrole nitrogens is 1. The Kier molecular flexibility index (Phi) is 5.60. The van der Waals surface area contributed by atoms with E-state index in [1.807, 2.05) is 97.3 Å². The number of aryl methyl sites for hydroxylation is 1. The molecule has 1 N–H and O–H groups in total. The molecule has 5 rings (SSSR count). The molecule has 1 atom stereocenters. The van der Waals surface area contributed by atoms with E-state index in [2.05, 4.69) is 4.98 Å². The number of nitrogens with zero attached hydrogens (tertiary/aromatic N) is 1. The van der Waals surface area contributed by atoms with Crippen molar-refractivity contribution >= 4 is 22.7 Å². The summed E-state index contributed by atoms with van der Waals surface area (Å²) in [7, 11) is 0. The van der Waals surface area contributed by atoms with Crippen LogP contribution >= 0.6 is 0 Å². The van der Waals surface area contributed by atoms with E-state index in [0.29, 0.717) is 16.7 Å². The number of rotatable bonds is 6. The molecule has 0 saturated heterocycles. The summed E-state index contributed by atoms with van der Waals surface area (Å²) in [4.78, 5) is 30.2. The van der Waals surface area contributed by atoms with Crippen molar-refractivity contribution in [3.63, 3.8) is 0 Å².